The van der Waals surface area contributed by atoms with Gasteiger partial charge in [0.25, 0.3) is 0 Å². The first-order valence-electron chi connectivity index (χ1n) is 10.5. The SMILES string of the molecule is CCCCCCc1ccc2c(c1)-c1ccc(C(C)C=C3CC3)cc1P(=O)(O)O2. The fraction of sp³-hybridized carbons (Fsp3) is 0.417. The van der Waals surface area contributed by atoms with Gasteiger partial charge in [-0.05, 0) is 60.9 Å². The second-order valence-corrected chi connectivity index (χ2v) is 9.85. The summed E-state index contributed by atoms with van der Waals surface area (Å²) in [6.07, 6.45) is 10.6. The molecule has 0 bridgehead atoms. The van der Waals surface area contributed by atoms with Gasteiger partial charge in [-0.1, -0.05) is 63.0 Å². The van der Waals surface area contributed by atoms with Gasteiger partial charge in [-0.15, -0.1) is 0 Å². The summed E-state index contributed by atoms with van der Waals surface area (Å²) in [5.41, 5.74) is 5.57. The van der Waals surface area contributed by atoms with Gasteiger partial charge in [0, 0.05) is 11.1 Å². The molecular formula is C24H29O3P. The number of allylic oxidation sites excluding steroid dienone is 2. The number of benzene rings is 2. The van der Waals surface area contributed by atoms with E-state index < -0.39 is 7.60 Å². The van der Waals surface area contributed by atoms with Crippen LogP contribution in [-0.2, 0) is 11.0 Å². The van der Waals surface area contributed by atoms with E-state index in [0.717, 1.165) is 23.1 Å². The summed E-state index contributed by atoms with van der Waals surface area (Å²) in [6, 6.07) is 12.0. The van der Waals surface area contributed by atoms with Crippen LogP contribution in [0.2, 0.25) is 0 Å². The molecule has 2 aliphatic rings. The fourth-order valence-electron chi connectivity index (χ4n) is 3.94. The Morgan fingerprint density at radius 3 is 2.68 bits per heavy atom. The van der Waals surface area contributed by atoms with Crippen LogP contribution < -0.4 is 9.83 Å². The Balaban J connectivity index is 1.66. The zero-order valence-electron chi connectivity index (χ0n) is 16.8. The molecule has 2 atom stereocenters. The van der Waals surface area contributed by atoms with Crippen molar-refractivity contribution in [1.29, 1.82) is 0 Å². The zero-order chi connectivity index (χ0) is 19.7. The van der Waals surface area contributed by atoms with Crippen molar-refractivity contribution in [3.8, 4) is 16.9 Å². The first-order valence-corrected chi connectivity index (χ1v) is 12.1. The highest BCUT2D eigenvalue weighted by Crippen LogP contribution is 2.52. The third-order valence-electron chi connectivity index (χ3n) is 5.75. The van der Waals surface area contributed by atoms with Crippen LogP contribution >= 0.6 is 7.60 Å². The molecule has 1 saturated carbocycles. The van der Waals surface area contributed by atoms with Crippen LogP contribution in [0.4, 0.5) is 0 Å². The van der Waals surface area contributed by atoms with E-state index >= 15 is 0 Å². The summed E-state index contributed by atoms with van der Waals surface area (Å²) in [5.74, 6) is 0.755. The molecule has 1 heterocycles. The number of aryl methyl sites for hydroxylation is 1. The molecule has 2 aromatic carbocycles. The molecule has 0 saturated heterocycles. The first kappa shape index (κ1) is 19.5. The summed E-state index contributed by atoms with van der Waals surface area (Å²) in [7, 11) is -3.86. The third kappa shape index (κ3) is 4.11. The molecular weight excluding hydrogens is 367 g/mol. The van der Waals surface area contributed by atoms with Crippen LogP contribution in [0.5, 0.6) is 5.75 Å². The van der Waals surface area contributed by atoms with E-state index in [1.807, 2.05) is 24.3 Å². The summed E-state index contributed by atoms with van der Waals surface area (Å²) in [6.45, 7) is 4.36. The van der Waals surface area contributed by atoms with E-state index in [1.165, 1.54) is 49.7 Å². The van der Waals surface area contributed by atoms with E-state index in [0.29, 0.717) is 11.1 Å². The minimum Gasteiger partial charge on any atom is -0.421 e. The standard InChI is InChI=1S/C24H29O3P/c1-3-4-5-6-7-18-10-13-23-22(15-18)21-12-11-20(17(2)14-19-8-9-19)16-24(21)28(25,26)27-23/h10-17H,3-9H2,1-2H3,(H,25,26). The molecule has 1 N–H and O–H groups in total. The number of hydrogen-bond donors (Lipinski definition) is 1. The van der Waals surface area contributed by atoms with E-state index in [4.69, 9.17) is 4.52 Å². The highest BCUT2D eigenvalue weighted by molar-refractivity contribution is 7.62. The van der Waals surface area contributed by atoms with Crippen LogP contribution in [0.3, 0.4) is 0 Å². The molecule has 4 rings (SSSR count). The van der Waals surface area contributed by atoms with Crippen molar-refractivity contribution >= 4 is 12.9 Å². The van der Waals surface area contributed by atoms with Crippen molar-refractivity contribution in [2.45, 2.75) is 64.7 Å². The van der Waals surface area contributed by atoms with Crippen LogP contribution in [0.25, 0.3) is 11.1 Å². The minimum atomic E-state index is -3.86. The largest absolute Gasteiger partial charge is 0.421 e. The smallest absolute Gasteiger partial charge is 0.408 e. The van der Waals surface area contributed by atoms with Crippen molar-refractivity contribution in [2.24, 2.45) is 0 Å². The topological polar surface area (TPSA) is 46.5 Å². The second-order valence-electron chi connectivity index (χ2n) is 8.14. The van der Waals surface area contributed by atoms with Gasteiger partial charge < -0.3 is 9.42 Å². The Labute approximate surface area is 168 Å². The average Bonchev–Trinajstić information content (AvgIpc) is 3.49. The van der Waals surface area contributed by atoms with Crippen LogP contribution in [0, 0.1) is 0 Å². The zero-order valence-corrected chi connectivity index (χ0v) is 17.7. The quantitative estimate of drug-likeness (QED) is 0.330. The molecule has 28 heavy (non-hydrogen) atoms. The van der Waals surface area contributed by atoms with Crippen LogP contribution in [0.1, 0.15) is 69.4 Å². The number of unbranched alkanes of at least 4 members (excludes halogenated alkanes) is 3. The molecule has 2 unspecified atom stereocenters. The van der Waals surface area contributed by atoms with Gasteiger partial charge in [0.2, 0.25) is 0 Å². The van der Waals surface area contributed by atoms with Gasteiger partial charge in [0.15, 0.2) is 0 Å². The van der Waals surface area contributed by atoms with Gasteiger partial charge in [-0.2, -0.15) is 0 Å². The second kappa shape index (κ2) is 7.89. The molecule has 0 aromatic heterocycles. The lowest BCUT2D eigenvalue weighted by atomic mass is 9.95. The molecule has 148 valence electrons. The fourth-order valence-corrected chi connectivity index (χ4v) is 5.28. The lowest BCUT2D eigenvalue weighted by Gasteiger charge is -2.26. The Morgan fingerprint density at radius 2 is 1.93 bits per heavy atom. The van der Waals surface area contributed by atoms with Crippen LogP contribution in [0.15, 0.2) is 48.0 Å². The minimum absolute atomic E-state index is 0.245. The first-order chi connectivity index (χ1) is 13.5. The van der Waals surface area contributed by atoms with Gasteiger partial charge in [-0.25, -0.2) is 4.57 Å². The highest BCUT2D eigenvalue weighted by atomic mass is 31.2. The molecule has 0 spiro atoms. The molecule has 1 fully saturated rings. The summed E-state index contributed by atoms with van der Waals surface area (Å²) in [4.78, 5) is 10.6. The molecule has 1 aliphatic carbocycles. The van der Waals surface area contributed by atoms with Crippen molar-refractivity contribution in [1.82, 2.24) is 0 Å². The van der Waals surface area contributed by atoms with Crippen molar-refractivity contribution < 1.29 is 14.0 Å². The van der Waals surface area contributed by atoms with Gasteiger partial charge in [-0.3, -0.25) is 0 Å². The van der Waals surface area contributed by atoms with E-state index in [-0.39, 0.29) is 5.92 Å². The number of rotatable bonds is 7. The summed E-state index contributed by atoms with van der Waals surface area (Å²) in [5, 5.41) is 0.432. The lowest BCUT2D eigenvalue weighted by Crippen LogP contribution is -2.18. The lowest BCUT2D eigenvalue weighted by molar-refractivity contribution is 0.392. The van der Waals surface area contributed by atoms with Gasteiger partial charge in [0.1, 0.15) is 5.75 Å². The third-order valence-corrected chi connectivity index (χ3v) is 7.17. The van der Waals surface area contributed by atoms with E-state index in [9.17, 15) is 9.46 Å². The Morgan fingerprint density at radius 1 is 1.11 bits per heavy atom. The van der Waals surface area contributed by atoms with Gasteiger partial charge >= 0.3 is 7.60 Å². The Kier molecular flexibility index (Phi) is 5.49. The van der Waals surface area contributed by atoms with Crippen molar-refractivity contribution in [2.75, 3.05) is 0 Å². The maximum Gasteiger partial charge on any atom is 0.408 e. The molecule has 2 aromatic rings. The molecule has 0 radical (unpaired) electrons. The summed E-state index contributed by atoms with van der Waals surface area (Å²) >= 11 is 0. The maximum absolute atomic E-state index is 12.9. The van der Waals surface area contributed by atoms with Crippen molar-refractivity contribution in [3.63, 3.8) is 0 Å². The summed E-state index contributed by atoms with van der Waals surface area (Å²) < 4.78 is 18.4. The number of hydrogen-bond acceptors (Lipinski definition) is 2. The van der Waals surface area contributed by atoms with Crippen LogP contribution in [-0.4, -0.2) is 4.89 Å². The van der Waals surface area contributed by atoms with Crippen molar-refractivity contribution in [3.05, 3.63) is 59.2 Å². The Bertz CT molecular complexity index is 954. The molecule has 4 heteroatoms. The maximum atomic E-state index is 12.9. The predicted molar refractivity (Wildman–Crippen MR) is 116 cm³/mol. The molecule has 0 amide bonds. The van der Waals surface area contributed by atoms with E-state index in [1.54, 1.807) is 0 Å². The number of fused-ring (bicyclic) bond motifs is 3. The molecule has 3 nitrogen and oxygen atoms in total. The Hall–Kier alpha value is -1.83. The predicted octanol–water partition coefficient (Wildman–Crippen LogP) is 6.50. The monoisotopic (exact) mass is 396 g/mol. The average molecular weight is 396 g/mol. The highest BCUT2D eigenvalue weighted by Gasteiger charge is 2.35. The normalized spacial score (nSPS) is 20.8. The van der Waals surface area contributed by atoms with Gasteiger partial charge in [0.05, 0.1) is 5.30 Å². The van der Waals surface area contributed by atoms with E-state index in [2.05, 4.69) is 32.1 Å². The molecule has 1 aliphatic heterocycles.